The standard InChI is InChI=1S/C6H14N2OS/c7-2-1-3-8-6-4-10(9)5-6/h6,8H,1-5,7H2. The number of hydrogen-bond donors (Lipinski definition) is 2. The van der Waals surface area contributed by atoms with E-state index in [1.807, 2.05) is 0 Å². The van der Waals surface area contributed by atoms with Crippen molar-refractivity contribution in [2.75, 3.05) is 24.6 Å². The first-order valence-corrected chi connectivity index (χ1v) is 5.10. The Bertz CT molecular complexity index is 121. The van der Waals surface area contributed by atoms with Crippen molar-refractivity contribution in [3.63, 3.8) is 0 Å². The molecule has 1 fully saturated rings. The zero-order chi connectivity index (χ0) is 7.40. The molecule has 0 saturated carbocycles. The molecule has 0 amide bonds. The third-order valence-electron chi connectivity index (χ3n) is 1.59. The molecular formula is C6H14N2OS. The molecule has 0 aromatic rings. The summed E-state index contributed by atoms with van der Waals surface area (Å²) in [7, 11) is -0.521. The van der Waals surface area contributed by atoms with Crippen LogP contribution in [0, 0.1) is 0 Å². The van der Waals surface area contributed by atoms with E-state index in [1.54, 1.807) is 0 Å². The van der Waals surface area contributed by atoms with Crippen molar-refractivity contribution < 1.29 is 4.21 Å². The lowest BCUT2D eigenvalue weighted by molar-refractivity contribution is 0.547. The molecule has 10 heavy (non-hydrogen) atoms. The van der Waals surface area contributed by atoms with Crippen LogP contribution in [-0.4, -0.2) is 34.8 Å². The third-order valence-corrected chi connectivity index (χ3v) is 3.14. The Morgan fingerprint density at radius 3 is 2.80 bits per heavy atom. The molecular weight excluding hydrogens is 148 g/mol. The Kier molecular flexibility index (Phi) is 3.31. The van der Waals surface area contributed by atoms with Crippen molar-refractivity contribution >= 4 is 10.8 Å². The Hall–Kier alpha value is 0.0700. The molecule has 0 radical (unpaired) electrons. The Balaban J connectivity index is 1.90. The van der Waals surface area contributed by atoms with Crippen molar-refractivity contribution in [3.8, 4) is 0 Å². The van der Waals surface area contributed by atoms with Gasteiger partial charge < -0.3 is 11.1 Å². The normalized spacial score (nSPS) is 31.7. The first kappa shape index (κ1) is 8.17. The van der Waals surface area contributed by atoms with Crippen LogP contribution in [0.15, 0.2) is 0 Å². The van der Waals surface area contributed by atoms with Crippen LogP contribution in [0.1, 0.15) is 6.42 Å². The maximum absolute atomic E-state index is 10.6. The van der Waals surface area contributed by atoms with Crippen molar-refractivity contribution in [1.82, 2.24) is 5.32 Å². The molecule has 1 aliphatic rings. The molecule has 3 N–H and O–H groups in total. The van der Waals surface area contributed by atoms with Crippen molar-refractivity contribution in [2.45, 2.75) is 12.5 Å². The Labute approximate surface area is 63.8 Å². The molecule has 0 aromatic carbocycles. The van der Waals surface area contributed by atoms with Crippen LogP contribution in [-0.2, 0) is 10.8 Å². The van der Waals surface area contributed by atoms with E-state index in [0.717, 1.165) is 31.0 Å². The highest BCUT2D eigenvalue weighted by Crippen LogP contribution is 2.04. The lowest BCUT2D eigenvalue weighted by Crippen LogP contribution is -2.48. The summed E-state index contributed by atoms with van der Waals surface area (Å²) in [5.41, 5.74) is 5.30. The van der Waals surface area contributed by atoms with E-state index in [-0.39, 0.29) is 0 Å². The molecule has 4 heteroatoms. The van der Waals surface area contributed by atoms with Gasteiger partial charge in [0.1, 0.15) is 0 Å². The number of nitrogens with one attached hydrogen (secondary N) is 1. The first-order valence-electron chi connectivity index (χ1n) is 3.61. The maximum atomic E-state index is 10.6. The van der Waals surface area contributed by atoms with Gasteiger partial charge >= 0.3 is 0 Å². The van der Waals surface area contributed by atoms with Gasteiger partial charge in [0.15, 0.2) is 0 Å². The highest BCUT2D eigenvalue weighted by Gasteiger charge is 2.23. The SMILES string of the molecule is NCCCNC1CS(=O)C1. The topological polar surface area (TPSA) is 55.1 Å². The van der Waals surface area contributed by atoms with Gasteiger partial charge in [0.2, 0.25) is 0 Å². The van der Waals surface area contributed by atoms with Crippen LogP contribution in [0.25, 0.3) is 0 Å². The molecule has 1 saturated heterocycles. The average molecular weight is 162 g/mol. The summed E-state index contributed by atoms with van der Waals surface area (Å²) in [6.07, 6.45) is 1.02. The number of rotatable bonds is 4. The summed E-state index contributed by atoms with van der Waals surface area (Å²) in [6, 6.07) is 0.507. The summed E-state index contributed by atoms with van der Waals surface area (Å²) >= 11 is 0. The number of hydrogen-bond acceptors (Lipinski definition) is 3. The third kappa shape index (κ3) is 2.36. The van der Waals surface area contributed by atoms with Gasteiger partial charge in [-0.1, -0.05) is 0 Å². The maximum Gasteiger partial charge on any atom is 0.0398 e. The van der Waals surface area contributed by atoms with Crippen LogP contribution < -0.4 is 11.1 Å². The smallest absolute Gasteiger partial charge is 0.0398 e. The van der Waals surface area contributed by atoms with E-state index in [1.165, 1.54) is 0 Å². The van der Waals surface area contributed by atoms with E-state index in [0.29, 0.717) is 6.04 Å². The fourth-order valence-electron chi connectivity index (χ4n) is 0.926. The average Bonchev–Trinajstić information content (AvgIpc) is 1.85. The molecule has 0 aromatic heterocycles. The van der Waals surface area contributed by atoms with Crippen LogP contribution in [0.4, 0.5) is 0 Å². The summed E-state index contributed by atoms with van der Waals surface area (Å²) < 4.78 is 10.6. The molecule has 3 nitrogen and oxygen atoms in total. The van der Waals surface area contributed by atoms with Gasteiger partial charge in [-0.15, -0.1) is 0 Å². The summed E-state index contributed by atoms with van der Waals surface area (Å²) in [4.78, 5) is 0. The Morgan fingerprint density at radius 1 is 1.60 bits per heavy atom. The predicted octanol–water partition coefficient (Wildman–Crippen LogP) is -0.944. The summed E-state index contributed by atoms with van der Waals surface area (Å²) in [6.45, 7) is 1.71. The van der Waals surface area contributed by atoms with Gasteiger partial charge in [0.05, 0.1) is 0 Å². The number of nitrogens with two attached hydrogens (primary N) is 1. The van der Waals surface area contributed by atoms with Gasteiger partial charge in [-0.2, -0.15) is 0 Å². The second kappa shape index (κ2) is 4.05. The molecule has 1 heterocycles. The first-order chi connectivity index (χ1) is 4.83. The molecule has 1 rings (SSSR count). The van der Waals surface area contributed by atoms with Gasteiger partial charge in [-0.3, -0.25) is 4.21 Å². The molecule has 60 valence electrons. The van der Waals surface area contributed by atoms with Crippen molar-refractivity contribution in [1.29, 1.82) is 0 Å². The highest BCUT2D eigenvalue weighted by molar-refractivity contribution is 7.86. The van der Waals surface area contributed by atoms with Crippen LogP contribution >= 0.6 is 0 Å². The van der Waals surface area contributed by atoms with Crippen LogP contribution in [0.5, 0.6) is 0 Å². The summed E-state index contributed by atoms with van der Waals surface area (Å²) in [5.74, 6) is 1.68. The van der Waals surface area contributed by atoms with Crippen molar-refractivity contribution in [2.24, 2.45) is 5.73 Å². The van der Waals surface area contributed by atoms with E-state index in [2.05, 4.69) is 5.32 Å². The zero-order valence-electron chi connectivity index (χ0n) is 6.01. The Morgan fingerprint density at radius 2 is 2.30 bits per heavy atom. The van der Waals surface area contributed by atoms with Crippen molar-refractivity contribution in [3.05, 3.63) is 0 Å². The fraction of sp³-hybridized carbons (Fsp3) is 1.00. The highest BCUT2D eigenvalue weighted by atomic mass is 32.2. The van der Waals surface area contributed by atoms with Crippen LogP contribution in [0.2, 0.25) is 0 Å². The summed E-state index contributed by atoms with van der Waals surface area (Å²) in [5, 5.41) is 3.28. The minimum Gasteiger partial charge on any atom is -0.330 e. The minimum atomic E-state index is -0.521. The van der Waals surface area contributed by atoms with Gasteiger partial charge in [-0.05, 0) is 19.5 Å². The van der Waals surface area contributed by atoms with E-state index < -0.39 is 10.8 Å². The van der Waals surface area contributed by atoms with Crippen LogP contribution in [0.3, 0.4) is 0 Å². The van der Waals surface area contributed by atoms with E-state index >= 15 is 0 Å². The quantitative estimate of drug-likeness (QED) is 0.524. The molecule has 0 spiro atoms. The second-order valence-electron chi connectivity index (χ2n) is 2.57. The monoisotopic (exact) mass is 162 g/mol. The lowest BCUT2D eigenvalue weighted by Gasteiger charge is -2.25. The lowest BCUT2D eigenvalue weighted by atomic mass is 10.3. The second-order valence-corrected chi connectivity index (χ2v) is 4.11. The molecule has 0 aliphatic carbocycles. The molecule has 0 unspecified atom stereocenters. The minimum absolute atomic E-state index is 0.507. The zero-order valence-corrected chi connectivity index (χ0v) is 6.82. The van der Waals surface area contributed by atoms with E-state index in [4.69, 9.17) is 5.73 Å². The van der Waals surface area contributed by atoms with Gasteiger partial charge in [-0.25, -0.2) is 0 Å². The van der Waals surface area contributed by atoms with E-state index in [9.17, 15) is 4.21 Å². The predicted molar refractivity (Wildman–Crippen MR) is 43.3 cm³/mol. The largest absolute Gasteiger partial charge is 0.330 e. The van der Waals surface area contributed by atoms with Gasteiger partial charge in [0.25, 0.3) is 0 Å². The van der Waals surface area contributed by atoms with Gasteiger partial charge in [0, 0.05) is 28.3 Å². The fourth-order valence-corrected chi connectivity index (χ4v) is 1.96. The molecule has 0 bridgehead atoms. The molecule has 1 aliphatic heterocycles. The molecule has 0 atom stereocenters.